The van der Waals surface area contributed by atoms with Crippen LogP contribution in [0.15, 0.2) is 42.5 Å². The first kappa shape index (κ1) is 20.5. The second-order valence-electron chi connectivity index (χ2n) is 5.43. The average molecular weight is 387 g/mol. The summed E-state index contributed by atoms with van der Waals surface area (Å²) in [5, 5.41) is 12.2. The van der Waals surface area contributed by atoms with E-state index < -0.39 is 42.0 Å². The number of hydrogen-bond acceptors (Lipinski definition) is 5. The monoisotopic (exact) mass is 387 g/mol. The summed E-state index contributed by atoms with van der Waals surface area (Å²) in [7, 11) is 0. The van der Waals surface area contributed by atoms with Gasteiger partial charge in [0.1, 0.15) is 23.4 Å². The zero-order chi connectivity index (χ0) is 20.0. The lowest BCUT2D eigenvalue weighted by atomic mass is 10.1. The fourth-order valence-corrected chi connectivity index (χ4v) is 2.40. The number of alkyl halides is 3. The molecule has 2 aromatic rings. The third-order valence-corrected chi connectivity index (χ3v) is 3.51. The van der Waals surface area contributed by atoms with E-state index in [1.165, 1.54) is 24.3 Å². The zero-order valence-corrected chi connectivity index (χ0v) is 14.2. The van der Waals surface area contributed by atoms with E-state index in [1.54, 1.807) is 6.92 Å². The summed E-state index contributed by atoms with van der Waals surface area (Å²) in [6.45, 7) is 1.21. The molecule has 2 rings (SSSR count). The third kappa shape index (κ3) is 5.85. The normalized spacial score (nSPS) is 12.5. The first-order valence-electron chi connectivity index (χ1n) is 7.93. The number of nitrogens with one attached hydrogen (secondary N) is 1. The second kappa shape index (κ2) is 8.72. The van der Waals surface area contributed by atoms with Crippen molar-refractivity contribution in [2.45, 2.75) is 25.9 Å². The van der Waals surface area contributed by atoms with E-state index in [1.807, 2.05) is 0 Å². The number of rotatable bonds is 7. The van der Waals surface area contributed by atoms with Crippen LogP contribution >= 0.6 is 0 Å². The fourth-order valence-electron chi connectivity index (χ4n) is 2.40. The molecule has 9 heteroatoms. The standard InChI is InChI=1S/C18H17F4NO4/c1-2-26-17(25)16(11-5-3-6-12(24)9-11)23-10-13-14(19)7-4-8-15(13)27-18(20,21)22/h3-9,16,23-24H,2,10H2,1H3/t16-/m1/s1. The number of aromatic hydroxyl groups is 1. The van der Waals surface area contributed by atoms with Crippen LogP contribution in [0.2, 0.25) is 0 Å². The van der Waals surface area contributed by atoms with Crippen LogP contribution in [0.25, 0.3) is 0 Å². The molecule has 0 amide bonds. The average Bonchev–Trinajstić information content (AvgIpc) is 2.56. The molecule has 0 unspecified atom stereocenters. The molecular formula is C18H17F4NO4. The van der Waals surface area contributed by atoms with Crippen molar-refractivity contribution in [2.24, 2.45) is 0 Å². The molecule has 0 radical (unpaired) electrons. The molecular weight excluding hydrogens is 370 g/mol. The van der Waals surface area contributed by atoms with Crippen molar-refractivity contribution in [3.05, 3.63) is 59.4 Å². The van der Waals surface area contributed by atoms with E-state index >= 15 is 0 Å². The number of halogens is 4. The molecule has 0 fully saturated rings. The van der Waals surface area contributed by atoms with Gasteiger partial charge in [-0.25, -0.2) is 9.18 Å². The molecule has 1 atom stereocenters. The van der Waals surface area contributed by atoms with E-state index in [0.29, 0.717) is 5.56 Å². The van der Waals surface area contributed by atoms with Crippen molar-refractivity contribution in [3.63, 3.8) is 0 Å². The van der Waals surface area contributed by atoms with Gasteiger partial charge in [-0.05, 0) is 36.8 Å². The summed E-state index contributed by atoms with van der Waals surface area (Å²) >= 11 is 0. The Morgan fingerprint density at radius 3 is 2.56 bits per heavy atom. The Balaban J connectivity index is 2.28. The molecule has 0 spiro atoms. The predicted molar refractivity (Wildman–Crippen MR) is 87.4 cm³/mol. The highest BCUT2D eigenvalue weighted by atomic mass is 19.4. The van der Waals surface area contributed by atoms with Crippen LogP contribution in [-0.4, -0.2) is 24.0 Å². The number of carbonyl (C=O) groups is 1. The highest BCUT2D eigenvalue weighted by Crippen LogP contribution is 2.29. The molecule has 5 nitrogen and oxygen atoms in total. The molecule has 0 aliphatic heterocycles. The minimum absolute atomic E-state index is 0.0674. The van der Waals surface area contributed by atoms with E-state index in [4.69, 9.17) is 4.74 Å². The molecule has 0 saturated carbocycles. The van der Waals surface area contributed by atoms with Gasteiger partial charge in [-0.2, -0.15) is 0 Å². The van der Waals surface area contributed by atoms with Crippen molar-refractivity contribution in [1.82, 2.24) is 5.32 Å². The van der Waals surface area contributed by atoms with Gasteiger partial charge in [-0.3, -0.25) is 5.32 Å². The summed E-state index contributed by atoms with van der Waals surface area (Å²) in [6, 6.07) is 7.59. The minimum Gasteiger partial charge on any atom is -0.508 e. The van der Waals surface area contributed by atoms with Crippen molar-refractivity contribution in [2.75, 3.05) is 6.61 Å². The topological polar surface area (TPSA) is 67.8 Å². The molecule has 27 heavy (non-hydrogen) atoms. The lowest BCUT2D eigenvalue weighted by Crippen LogP contribution is -2.30. The van der Waals surface area contributed by atoms with Crippen LogP contribution in [0.4, 0.5) is 17.6 Å². The number of esters is 1. The Labute approximate surface area is 152 Å². The molecule has 0 heterocycles. The lowest BCUT2D eigenvalue weighted by molar-refractivity contribution is -0.275. The van der Waals surface area contributed by atoms with Gasteiger partial charge in [0, 0.05) is 12.1 Å². The van der Waals surface area contributed by atoms with Crippen molar-refractivity contribution in [3.8, 4) is 11.5 Å². The van der Waals surface area contributed by atoms with Gasteiger partial charge < -0.3 is 14.6 Å². The highest BCUT2D eigenvalue weighted by Gasteiger charge is 2.33. The molecule has 0 aliphatic carbocycles. The number of benzene rings is 2. The Kier molecular flexibility index (Phi) is 6.62. The molecule has 0 aliphatic rings. The molecule has 0 bridgehead atoms. The Hall–Kier alpha value is -2.81. The maximum Gasteiger partial charge on any atom is 0.573 e. The number of phenolic OH excluding ortho intramolecular Hbond substituents is 1. The molecule has 0 aromatic heterocycles. The molecule has 2 aromatic carbocycles. The maximum absolute atomic E-state index is 14.0. The fraction of sp³-hybridized carbons (Fsp3) is 0.278. The summed E-state index contributed by atoms with van der Waals surface area (Å²) in [4.78, 5) is 12.2. The predicted octanol–water partition coefficient (Wildman–Crippen LogP) is 3.82. The Bertz CT molecular complexity index is 795. The van der Waals surface area contributed by atoms with Gasteiger partial charge >= 0.3 is 12.3 Å². The van der Waals surface area contributed by atoms with Crippen LogP contribution in [0, 0.1) is 5.82 Å². The van der Waals surface area contributed by atoms with Crippen LogP contribution in [0.3, 0.4) is 0 Å². The summed E-state index contributed by atoms with van der Waals surface area (Å²) < 4.78 is 60.4. The van der Waals surface area contributed by atoms with E-state index in [-0.39, 0.29) is 12.4 Å². The smallest absolute Gasteiger partial charge is 0.508 e. The number of carbonyl (C=O) groups excluding carboxylic acids is 1. The van der Waals surface area contributed by atoms with Gasteiger partial charge in [0.15, 0.2) is 0 Å². The molecule has 0 saturated heterocycles. The van der Waals surface area contributed by atoms with Gasteiger partial charge in [0.05, 0.1) is 6.61 Å². The summed E-state index contributed by atoms with van der Waals surface area (Å²) in [5.41, 5.74) is -0.0904. The first-order valence-corrected chi connectivity index (χ1v) is 7.93. The number of ether oxygens (including phenoxy) is 2. The van der Waals surface area contributed by atoms with Gasteiger partial charge in [0.2, 0.25) is 0 Å². The van der Waals surface area contributed by atoms with Crippen LogP contribution in [0.5, 0.6) is 11.5 Å². The number of hydrogen-bond donors (Lipinski definition) is 2. The van der Waals surface area contributed by atoms with Crippen LogP contribution < -0.4 is 10.1 Å². The Morgan fingerprint density at radius 2 is 1.93 bits per heavy atom. The highest BCUT2D eigenvalue weighted by molar-refractivity contribution is 5.77. The number of phenols is 1. The maximum atomic E-state index is 14.0. The zero-order valence-electron chi connectivity index (χ0n) is 14.2. The summed E-state index contributed by atoms with van der Waals surface area (Å²) in [6.07, 6.45) is -4.99. The van der Waals surface area contributed by atoms with E-state index in [2.05, 4.69) is 10.1 Å². The second-order valence-corrected chi connectivity index (χ2v) is 5.43. The van der Waals surface area contributed by atoms with Gasteiger partial charge in [-0.15, -0.1) is 13.2 Å². The van der Waals surface area contributed by atoms with Gasteiger partial charge in [-0.1, -0.05) is 18.2 Å². The SMILES string of the molecule is CCOC(=O)[C@H](NCc1c(F)cccc1OC(F)(F)F)c1cccc(O)c1. The third-order valence-electron chi connectivity index (χ3n) is 3.51. The molecule has 2 N–H and O–H groups in total. The largest absolute Gasteiger partial charge is 0.573 e. The van der Waals surface area contributed by atoms with E-state index in [0.717, 1.165) is 18.2 Å². The van der Waals surface area contributed by atoms with Crippen molar-refractivity contribution in [1.29, 1.82) is 0 Å². The van der Waals surface area contributed by atoms with E-state index in [9.17, 15) is 27.5 Å². The van der Waals surface area contributed by atoms with Crippen LogP contribution in [-0.2, 0) is 16.1 Å². The quantitative estimate of drug-likeness (QED) is 0.558. The minimum atomic E-state index is -4.99. The molecule has 146 valence electrons. The van der Waals surface area contributed by atoms with Crippen molar-refractivity contribution < 1.29 is 36.9 Å². The first-order chi connectivity index (χ1) is 12.7. The van der Waals surface area contributed by atoms with Gasteiger partial charge in [0.25, 0.3) is 0 Å². The Morgan fingerprint density at radius 1 is 1.22 bits per heavy atom. The lowest BCUT2D eigenvalue weighted by Gasteiger charge is -2.20. The van der Waals surface area contributed by atoms with Crippen molar-refractivity contribution >= 4 is 5.97 Å². The van der Waals surface area contributed by atoms with Crippen LogP contribution in [0.1, 0.15) is 24.1 Å². The summed E-state index contributed by atoms with van der Waals surface area (Å²) in [5.74, 6) is -2.48.